The van der Waals surface area contributed by atoms with Crippen molar-refractivity contribution in [3.05, 3.63) is 23.2 Å². The first-order chi connectivity index (χ1) is 10.0. The van der Waals surface area contributed by atoms with Crippen molar-refractivity contribution in [1.29, 1.82) is 0 Å². The molecule has 21 heavy (non-hydrogen) atoms. The Bertz CT molecular complexity index is 586. The summed E-state index contributed by atoms with van der Waals surface area (Å²) in [4.78, 5) is 0.176. The van der Waals surface area contributed by atoms with E-state index in [4.69, 9.17) is 16.3 Å². The van der Waals surface area contributed by atoms with Gasteiger partial charge in [-0.05, 0) is 38.1 Å². The Labute approximate surface area is 131 Å². The van der Waals surface area contributed by atoms with Crippen LogP contribution in [0.25, 0.3) is 0 Å². The van der Waals surface area contributed by atoms with Gasteiger partial charge in [0.25, 0.3) is 0 Å². The van der Waals surface area contributed by atoms with Crippen molar-refractivity contribution in [2.24, 2.45) is 0 Å². The average Bonchev–Trinajstić information content (AvgIpc) is 2.48. The van der Waals surface area contributed by atoms with Crippen molar-refractivity contribution in [2.45, 2.75) is 30.7 Å². The van der Waals surface area contributed by atoms with Gasteiger partial charge in [0, 0.05) is 23.7 Å². The largest absolute Gasteiger partial charge is 0.495 e. The van der Waals surface area contributed by atoms with Crippen LogP contribution in [0.3, 0.4) is 0 Å². The summed E-state index contributed by atoms with van der Waals surface area (Å²) in [7, 11) is -2.14. The van der Waals surface area contributed by atoms with Crippen molar-refractivity contribution in [2.75, 3.05) is 26.7 Å². The number of ether oxygens (including phenoxy) is 1. The molecule has 1 saturated heterocycles. The molecule has 1 aromatic rings. The lowest BCUT2D eigenvalue weighted by Crippen LogP contribution is -2.46. The Kier molecular flexibility index (Phi) is 5.48. The number of hydrogen-bond donors (Lipinski definition) is 1. The summed E-state index contributed by atoms with van der Waals surface area (Å²) < 4.78 is 32.6. The molecule has 0 spiro atoms. The highest BCUT2D eigenvalue weighted by Gasteiger charge is 2.33. The van der Waals surface area contributed by atoms with Crippen molar-refractivity contribution >= 4 is 21.6 Å². The number of nitrogens with one attached hydrogen (secondary N) is 1. The van der Waals surface area contributed by atoms with Gasteiger partial charge in [-0.25, -0.2) is 8.42 Å². The zero-order chi connectivity index (χ0) is 15.5. The monoisotopic (exact) mass is 332 g/mol. The summed E-state index contributed by atoms with van der Waals surface area (Å²) >= 11 is 5.91. The number of methoxy groups -OCH3 is 1. The van der Waals surface area contributed by atoms with Crippen LogP contribution in [-0.4, -0.2) is 45.5 Å². The van der Waals surface area contributed by atoms with E-state index in [9.17, 15) is 8.42 Å². The molecule has 1 aliphatic rings. The van der Waals surface area contributed by atoms with Crippen molar-refractivity contribution in [1.82, 2.24) is 9.62 Å². The maximum absolute atomic E-state index is 12.9. The summed E-state index contributed by atoms with van der Waals surface area (Å²) in [6, 6.07) is 4.65. The van der Waals surface area contributed by atoms with Crippen LogP contribution in [0.5, 0.6) is 5.75 Å². The quantitative estimate of drug-likeness (QED) is 0.897. The second-order valence-electron chi connectivity index (χ2n) is 4.98. The molecule has 0 atom stereocenters. The van der Waals surface area contributed by atoms with E-state index in [-0.39, 0.29) is 16.7 Å². The molecule has 0 unspecified atom stereocenters. The standard InChI is InChI=1S/C14H21ClN2O3S/c1-3-17(12-6-8-16-9-7-12)21(18,19)14-5-4-11(15)10-13(14)20-2/h4-5,10,12,16H,3,6-9H2,1-2H3. The second-order valence-corrected chi connectivity index (χ2v) is 7.28. The van der Waals surface area contributed by atoms with E-state index in [2.05, 4.69) is 5.32 Å². The summed E-state index contributed by atoms with van der Waals surface area (Å²) in [6.07, 6.45) is 1.64. The van der Waals surface area contributed by atoms with Gasteiger partial charge >= 0.3 is 0 Å². The molecule has 5 nitrogen and oxygen atoms in total. The summed E-state index contributed by atoms with van der Waals surface area (Å²) in [5.74, 6) is 0.287. The molecule has 0 bridgehead atoms. The average molecular weight is 333 g/mol. The number of benzene rings is 1. The minimum absolute atomic E-state index is 0.0293. The minimum Gasteiger partial charge on any atom is -0.495 e. The van der Waals surface area contributed by atoms with Gasteiger partial charge in [0.05, 0.1) is 7.11 Å². The maximum Gasteiger partial charge on any atom is 0.247 e. The Morgan fingerprint density at radius 2 is 2.05 bits per heavy atom. The van der Waals surface area contributed by atoms with Gasteiger partial charge in [0.2, 0.25) is 10.0 Å². The smallest absolute Gasteiger partial charge is 0.247 e. The fourth-order valence-corrected chi connectivity index (χ4v) is 4.69. The van der Waals surface area contributed by atoms with Crippen LogP contribution < -0.4 is 10.1 Å². The van der Waals surface area contributed by atoms with E-state index in [0.717, 1.165) is 25.9 Å². The highest BCUT2D eigenvalue weighted by Crippen LogP contribution is 2.31. The van der Waals surface area contributed by atoms with Crippen LogP contribution in [0.15, 0.2) is 23.1 Å². The molecular formula is C14H21ClN2O3S. The van der Waals surface area contributed by atoms with E-state index in [0.29, 0.717) is 11.6 Å². The lowest BCUT2D eigenvalue weighted by Gasteiger charge is -2.33. The number of piperidine rings is 1. The molecule has 1 N–H and O–H groups in total. The van der Waals surface area contributed by atoms with Gasteiger partial charge in [-0.3, -0.25) is 0 Å². The minimum atomic E-state index is -3.59. The molecule has 1 heterocycles. The molecule has 1 fully saturated rings. The predicted octanol–water partition coefficient (Wildman–Crippen LogP) is 2.11. The zero-order valence-corrected chi connectivity index (χ0v) is 13.9. The third kappa shape index (κ3) is 3.51. The van der Waals surface area contributed by atoms with Crippen molar-refractivity contribution in [3.8, 4) is 5.75 Å². The molecule has 0 aliphatic carbocycles. The summed E-state index contributed by atoms with van der Waals surface area (Å²) in [5, 5.41) is 3.71. The molecule has 0 aromatic heterocycles. The molecule has 2 rings (SSSR count). The third-order valence-corrected chi connectivity index (χ3v) is 6.04. The Morgan fingerprint density at radius 1 is 1.38 bits per heavy atom. The molecule has 1 aromatic carbocycles. The van der Waals surface area contributed by atoms with E-state index < -0.39 is 10.0 Å². The van der Waals surface area contributed by atoms with Gasteiger partial charge < -0.3 is 10.1 Å². The number of hydrogen-bond acceptors (Lipinski definition) is 4. The van der Waals surface area contributed by atoms with Crippen LogP contribution in [0.1, 0.15) is 19.8 Å². The van der Waals surface area contributed by atoms with E-state index in [1.54, 1.807) is 10.4 Å². The summed E-state index contributed by atoms with van der Waals surface area (Å²) in [5.41, 5.74) is 0. The van der Waals surface area contributed by atoms with E-state index >= 15 is 0 Å². The Hall–Kier alpha value is -0.820. The fourth-order valence-electron chi connectivity index (χ4n) is 2.70. The first kappa shape index (κ1) is 16.5. The number of rotatable bonds is 5. The number of sulfonamides is 1. The van der Waals surface area contributed by atoms with E-state index in [1.807, 2.05) is 6.92 Å². The lowest BCUT2D eigenvalue weighted by molar-refractivity contribution is 0.269. The van der Waals surface area contributed by atoms with Gasteiger partial charge in [-0.15, -0.1) is 0 Å². The van der Waals surface area contributed by atoms with Crippen LogP contribution >= 0.6 is 11.6 Å². The molecular weight excluding hydrogens is 312 g/mol. The van der Waals surface area contributed by atoms with Crippen LogP contribution in [0.4, 0.5) is 0 Å². The zero-order valence-electron chi connectivity index (χ0n) is 12.3. The second kappa shape index (κ2) is 6.96. The van der Waals surface area contributed by atoms with E-state index in [1.165, 1.54) is 19.2 Å². The number of nitrogens with zero attached hydrogens (tertiary/aromatic N) is 1. The normalized spacial score (nSPS) is 17.1. The lowest BCUT2D eigenvalue weighted by atomic mass is 10.1. The SMILES string of the molecule is CCN(C1CCNCC1)S(=O)(=O)c1ccc(Cl)cc1OC. The maximum atomic E-state index is 12.9. The number of halogens is 1. The van der Waals surface area contributed by atoms with Gasteiger partial charge in [-0.1, -0.05) is 18.5 Å². The van der Waals surface area contributed by atoms with Crippen molar-refractivity contribution < 1.29 is 13.2 Å². The van der Waals surface area contributed by atoms with Crippen LogP contribution in [0.2, 0.25) is 5.02 Å². The Morgan fingerprint density at radius 3 is 2.62 bits per heavy atom. The molecule has 118 valence electrons. The van der Waals surface area contributed by atoms with Gasteiger partial charge in [0.1, 0.15) is 10.6 Å². The Balaban J connectivity index is 2.39. The highest BCUT2D eigenvalue weighted by atomic mass is 35.5. The molecule has 0 radical (unpaired) electrons. The molecule has 7 heteroatoms. The molecule has 0 saturated carbocycles. The first-order valence-corrected chi connectivity index (χ1v) is 8.88. The highest BCUT2D eigenvalue weighted by molar-refractivity contribution is 7.89. The molecule has 0 amide bonds. The third-order valence-electron chi connectivity index (χ3n) is 3.74. The van der Waals surface area contributed by atoms with Crippen LogP contribution in [0, 0.1) is 0 Å². The van der Waals surface area contributed by atoms with Gasteiger partial charge in [0.15, 0.2) is 0 Å². The summed E-state index contributed by atoms with van der Waals surface area (Å²) in [6.45, 7) is 3.99. The fraction of sp³-hybridized carbons (Fsp3) is 0.571. The van der Waals surface area contributed by atoms with Gasteiger partial charge in [-0.2, -0.15) is 4.31 Å². The predicted molar refractivity (Wildman–Crippen MR) is 83.5 cm³/mol. The first-order valence-electron chi connectivity index (χ1n) is 7.06. The van der Waals surface area contributed by atoms with Crippen molar-refractivity contribution in [3.63, 3.8) is 0 Å². The molecule has 1 aliphatic heterocycles. The van der Waals surface area contributed by atoms with Crippen LogP contribution in [-0.2, 0) is 10.0 Å². The topological polar surface area (TPSA) is 58.6 Å².